The minimum absolute atomic E-state index is 0.617. The lowest BCUT2D eigenvalue weighted by Gasteiger charge is -2.12. The van der Waals surface area contributed by atoms with Crippen LogP contribution >= 0.6 is 0 Å². The highest BCUT2D eigenvalue weighted by Crippen LogP contribution is 2.18. The Balaban J connectivity index is 2.27. The van der Waals surface area contributed by atoms with E-state index in [1.165, 1.54) is 0 Å². The Morgan fingerprint density at radius 2 is 2.00 bits per heavy atom. The molecule has 5 heteroatoms. The Morgan fingerprint density at radius 3 is 2.57 bits per heavy atom. The molecule has 0 fully saturated rings. The van der Waals surface area contributed by atoms with Gasteiger partial charge < -0.3 is 10.1 Å². The average Bonchev–Trinajstić information content (AvgIpc) is 2.51. The standard InChI is InChI=1S/C16H22N4O/c1-5-13-11(3)16(17-6-2)20-14(19-13)9-12-7-8-15(21-4)18-10-12/h7-8,10H,5-6,9H2,1-4H3,(H,17,19,20). The van der Waals surface area contributed by atoms with Crippen molar-refractivity contribution in [3.05, 3.63) is 41.0 Å². The van der Waals surface area contributed by atoms with Crippen molar-refractivity contribution in [2.45, 2.75) is 33.6 Å². The fourth-order valence-corrected chi connectivity index (χ4v) is 2.20. The van der Waals surface area contributed by atoms with Crippen LogP contribution in [0.3, 0.4) is 0 Å². The Hall–Kier alpha value is -2.17. The minimum Gasteiger partial charge on any atom is -0.481 e. The van der Waals surface area contributed by atoms with Gasteiger partial charge in [-0.3, -0.25) is 0 Å². The molecule has 0 aliphatic heterocycles. The number of hydrogen-bond donors (Lipinski definition) is 1. The number of aromatic nitrogens is 3. The van der Waals surface area contributed by atoms with Gasteiger partial charge in [-0.05, 0) is 25.8 Å². The van der Waals surface area contributed by atoms with Gasteiger partial charge in [0.05, 0.1) is 7.11 Å². The lowest BCUT2D eigenvalue weighted by Crippen LogP contribution is -2.09. The maximum absolute atomic E-state index is 5.07. The number of anilines is 1. The Kier molecular flexibility index (Phi) is 5.09. The first kappa shape index (κ1) is 15.2. The third-order valence-electron chi connectivity index (χ3n) is 3.34. The molecule has 1 N–H and O–H groups in total. The topological polar surface area (TPSA) is 59.9 Å². The molecule has 2 aromatic rings. The summed E-state index contributed by atoms with van der Waals surface area (Å²) in [5, 5.41) is 3.31. The van der Waals surface area contributed by atoms with Crippen molar-refractivity contribution in [2.75, 3.05) is 19.0 Å². The molecule has 0 amide bonds. The highest BCUT2D eigenvalue weighted by molar-refractivity contribution is 5.46. The molecule has 112 valence electrons. The van der Waals surface area contributed by atoms with Crippen LogP contribution in [0.25, 0.3) is 0 Å². The zero-order valence-electron chi connectivity index (χ0n) is 13.1. The molecule has 0 aromatic carbocycles. The summed E-state index contributed by atoms with van der Waals surface area (Å²) < 4.78 is 5.07. The van der Waals surface area contributed by atoms with Crippen molar-refractivity contribution in [3.63, 3.8) is 0 Å². The molecule has 0 aliphatic carbocycles. The monoisotopic (exact) mass is 286 g/mol. The fraction of sp³-hybridized carbons (Fsp3) is 0.438. The lowest BCUT2D eigenvalue weighted by molar-refractivity contribution is 0.397. The van der Waals surface area contributed by atoms with Crippen molar-refractivity contribution < 1.29 is 4.74 Å². The molecular weight excluding hydrogens is 264 g/mol. The van der Waals surface area contributed by atoms with Crippen LogP contribution in [0, 0.1) is 6.92 Å². The maximum atomic E-state index is 5.07. The Bertz CT molecular complexity index is 596. The van der Waals surface area contributed by atoms with Gasteiger partial charge in [0.15, 0.2) is 0 Å². The van der Waals surface area contributed by atoms with Crippen LogP contribution in [-0.2, 0) is 12.8 Å². The van der Waals surface area contributed by atoms with Crippen molar-refractivity contribution in [3.8, 4) is 5.88 Å². The molecule has 2 heterocycles. The van der Waals surface area contributed by atoms with Crippen molar-refractivity contribution >= 4 is 5.82 Å². The number of ether oxygens (including phenoxy) is 1. The molecule has 21 heavy (non-hydrogen) atoms. The SMILES string of the molecule is CCNc1nc(Cc2ccc(OC)nc2)nc(CC)c1C. The second kappa shape index (κ2) is 7.02. The molecule has 0 saturated heterocycles. The van der Waals surface area contributed by atoms with E-state index in [0.29, 0.717) is 12.3 Å². The predicted octanol–water partition coefficient (Wildman–Crippen LogP) is 2.77. The second-order valence-electron chi connectivity index (χ2n) is 4.83. The van der Waals surface area contributed by atoms with Gasteiger partial charge in [-0.1, -0.05) is 13.0 Å². The number of hydrogen-bond acceptors (Lipinski definition) is 5. The van der Waals surface area contributed by atoms with Gasteiger partial charge in [0, 0.05) is 36.5 Å². The predicted molar refractivity (Wildman–Crippen MR) is 83.9 cm³/mol. The van der Waals surface area contributed by atoms with Crippen LogP contribution in [0.5, 0.6) is 5.88 Å². The van der Waals surface area contributed by atoms with Gasteiger partial charge in [0.2, 0.25) is 5.88 Å². The minimum atomic E-state index is 0.617. The number of nitrogens with zero attached hydrogens (tertiary/aromatic N) is 3. The summed E-state index contributed by atoms with van der Waals surface area (Å²) in [5.41, 5.74) is 3.30. The summed E-state index contributed by atoms with van der Waals surface area (Å²) in [4.78, 5) is 13.5. The first-order chi connectivity index (χ1) is 10.2. The van der Waals surface area contributed by atoms with Crippen molar-refractivity contribution in [1.82, 2.24) is 15.0 Å². The van der Waals surface area contributed by atoms with Crippen LogP contribution < -0.4 is 10.1 Å². The molecule has 0 atom stereocenters. The molecule has 2 aromatic heterocycles. The summed E-state index contributed by atoms with van der Waals surface area (Å²) in [6.45, 7) is 7.10. The van der Waals surface area contributed by atoms with Gasteiger partial charge in [0.1, 0.15) is 11.6 Å². The van der Waals surface area contributed by atoms with Gasteiger partial charge >= 0.3 is 0 Å². The molecule has 0 bridgehead atoms. The number of aryl methyl sites for hydroxylation is 1. The molecule has 0 aliphatic rings. The average molecular weight is 286 g/mol. The van der Waals surface area contributed by atoms with E-state index in [-0.39, 0.29) is 0 Å². The highest BCUT2D eigenvalue weighted by Gasteiger charge is 2.10. The van der Waals surface area contributed by atoms with E-state index < -0.39 is 0 Å². The van der Waals surface area contributed by atoms with Crippen LogP contribution in [0.2, 0.25) is 0 Å². The van der Waals surface area contributed by atoms with E-state index in [4.69, 9.17) is 4.74 Å². The molecule has 0 saturated carbocycles. The Morgan fingerprint density at radius 1 is 1.19 bits per heavy atom. The third-order valence-corrected chi connectivity index (χ3v) is 3.34. The summed E-state index contributed by atoms with van der Waals surface area (Å²) >= 11 is 0. The van der Waals surface area contributed by atoms with Gasteiger partial charge in [-0.25, -0.2) is 15.0 Å². The summed E-state index contributed by atoms with van der Waals surface area (Å²) in [5.74, 6) is 2.37. The quantitative estimate of drug-likeness (QED) is 0.884. The number of methoxy groups -OCH3 is 1. The summed E-state index contributed by atoms with van der Waals surface area (Å²) in [6.07, 6.45) is 3.38. The number of rotatable bonds is 6. The van der Waals surface area contributed by atoms with Gasteiger partial charge in [-0.2, -0.15) is 0 Å². The number of pyridine rings is 1. The smallest absolute Gasteiger partial charge is 0.212 e. The van der Waals surface area contributed by atoms with E-state index in [1.807, 2.05) is 12.1 Å². The number of nitrogens with one attached hydrogen (secondary N) is 1. The van der Waals surface area contributed by atoms with Crippen molar-refractivity contribution in [2.24, 2.45) is 0 Å². The third kappa shape index (κ3) is 3.68. The van der Waals surface area contributed by atoms with Crippen LogP contribution in [0.4, 0.5) is 5.82 Å². The van der Waals surface area contributed by atoms with Gasteiger partial charge in [-0.15, -0.1) is 0 Å². The largest absolute Gasteiger partial charge is 0.481 e. The second-order valence-corrected chi connectivity index (χ2v) is 4.83. The highest BCUT2D eigenvalue weighted by atomic mass is 16.5. The summed E-state index contributed by atoms with van der Waals surface area (Å²) in [7, 11) is 1.61. The van der Waals surface area contributed by atoms with E-state index in [0.717, 1.165) is 41.4 Å². The van der Waals surface area contributed by atoms with E-state index in [9.17, 15) is 0 Å². The maximum Gasteiger partial charge on any atom is 0.212 e. The van der Waals surface area contributed by atoms with Gasteiger partial charge in [0.25, 0.3) is 0 Å². The van der Waals surface area contributed by atoms with E-state index >= 15 is 0 Å². The molecule has 5 nitrogen and oxygen atoms in total. The van der Waals surface area contributed by atoms with Crippen molar-refractivity contribution in [1.29, 1.82) is 0 Å². The van der Waals surface area contributed by atoms with Crippen LogP contribution in [0.15, 0.2) is 18.3 Å². The van der Waals surface area contributed by atoms with Crippen LogP contribution in [0.1, 0.15) is 36.5 Å². The summed E-state index contributed by atoms with van der Waals surface area (Å²) in [6, 6.07) is 3.85. The van der Waals surface area contributed by atoms with Crippen LogP contribution in [-0.4, -0.2) is 28.6 Å². The first-order valence-electron chi connectivity index (χ1n) is 7.27. The lowest BCUT2D eigenvalue weighted by atomic mass is 10.1. The first-order valence-corrected chi connectivity index (χ1v) is 7.27. The van der Waals surface area contributed by atoms with E-state index in [1.54, 1.807) is 13.3 Å². The molecular formula is C16H22N4O. The van der Waals surface area contributed by atoms with E-state index in [2.05, 4.69) is 41.0 Å². The molecule has 0 unspecified atom stereocenters. The Labute approximate surface area is 125 Å². The zero-order valence-corrected chi connectivity index (χ0v) is 13.1. The molecule has 2 rings (SSSR count). The molecule has 0 radical (unpaired) electrons. The normalized spacial score (nSPS) is 10.5. The molecule has 0 spiro atoms. The zero-order chi connectivity index (χ0) is 15.2. The fourth-order valence-electron chi connectivity index (χ4n) is 2.20.